The molecule has 4 rings (SSSR count). The van der Waals surface area contributed by atoms with Crippen molar-refractivity contribution in [3.05, 3.63) is 57.0 Å². The van der Waals surface area contributed by atoms with E-state index in [0.29, 0.717) is 44.0 Å². The fraction of sp³-hybridized carbons (Fsp3) is 0.474. The highest BCUT2D eigenvalue weighted by atomic mass is 19.1. The molecule has 0 bridgehead atoms. The Morgan fingerprint density at radius 1 is 1.08 bits per heavy atom. The van der Waals surface area contributed by atoms with Gasteiger partial charge in [-0.25, -0.2) is 13.8 Å². The van der Waals surface area contributed by atoms with Gasteiger partial charge in [0.05, 0.1) is 5.69 Å². The lowest BCUT2D eigenvalue weighted by Crippen LogP contribution is -2.27. The normalized spacial score (nSPS) is 18.0. The van der Waals surface area contributed by atoms with E-state index in [4.69, 9.17) is 4.98 Å². The van der Waals surface area contributed by atoms with Crippen LogP contribution in [0.25, 0.3) is 0 Å². The van der Waals surface area contributed by atoms with Gasteiger partial charge in [0.15, 0.2) is 0 Å². The summed E-state index contributed by atoms with van der Waals surface area (Å²) in [5.74, 6) is -0.177. The number of aromatic nitrogens is 2. The zero-order valence-electron chi connectivity index (χ0n) is 14.6. The number of hydrogen-bond acceptors (Lipinski definition) is 4. The molecule has 2 aliphatic heterocycles. The maximum atomic E-state index is 13.9. The fourth-order valence-electron chi connectivity index (χ4n) is 3.78. The molecular weight excluding hydrogens is 338 g/mol. The molecule has 2 aromatic rings. The Morgan fingerprint density at radius 3 is 2.65 bits per heavy atom. The van der Waals surface area contributed by atoms with Gasteiger partial charge in [-0.3, -0.25) is 14.7 Å². The van der Waals surface area contributed by atoms with Crippen LogP contribution in [0.1, 0.15) is 29.7 Å². The molecule has 2 aliphatic rings. The van der Waals surface area contributed by atoms with Crippen molar-refractivity contribution in [2.45, 2.75) is 32.2 Å². The van der Waals surface area contributed by atoms with E-state index in [1.54, 1.807) is 0 Å². The maximum absolute atomic E-state index is 13.9. The van der Waals surface area contributed by atoms with Crippen molar-refractivity contribution in [3.63, 3.8) is 0 Å². The molecule has 0 saturated carbocycles. The van der Waals surface area contributed by atoms with Gasteiger partial charge in [0.1, 0.15) is 11.6 Å². The Kier molecular flexibility index (Phi) is 4.72. The molecule has 1 saturated heterocycles. The summed E-state index contributed by atoms with van der Waals surface area (Å²) in [5.41, 5.74) is 1.82. The van der Waals surface area contributed by atoms with Gasteiger partial charge >= 0.3 is 0 Å². The molecule has 1 N–H and O–H groups in total. The Hall–Kier alpha value is -2.28. The Balaban J connectivity index is 1.52. The van der Waals surface area contributed by atoms with Gasteiger partial charge in [0.25, 0.3) is 5.56 Å². The van der Waals surface area contributed by atoms with Crippen LogP contribution in [-0.4, -0.2) is 41.0 Å². The SMILES string of the molecule is O=c1[nH]c(N2CCCC2)nc2c1CCN(Cc1cc(F)ccc1F)CC2. The van der Waals surface area contributed by atoms with E-state index in [-0.39, 0.29) is 5.56 Å². The number of benzene rings is 1. The van der Waals surface area contributed by atoms with Crippen molar-refractivity contribution < 1.29 is 8.78 Å². The average molecular weight is 360 g/mol. The molecule has 0 amide bonds. The third-order valence-corrected chi connectivity index (χ3v) is 5.24. The average Bonchev–Trinajstić information content (AvgIpc) is 3.08. The molecule has 26 heavy (non-hydrogen) atoms. The van der Waals surface area contributed by atoms with E-state index < -0.39 is 11.6 Å². The number of H-pyrrole nitrogens is 1. The van der Waals surface area contributed by atoms with Gasteiger partial charge in [0.2, 0.25) is 5.95 Å². The van der Waals surface area contributed by atoms with E-state index in [1.807, 2.05) is 0 Å². The molecule has 5 nitrogen and oxygen atoms in total. The Labute approximate surface area is 150 Å². The van der Waals surface area contributed by atoms with Crippen molar-refractivity contribution in [2.75, 3.05) is 31.1 Å². The first kappa shape index (κ1) is 17.1. The van der Waals surface area contributed by atoms with E-state index in [1.165, 1.54) is 6.07 Å². The molecule has 0 aliphatic carbocycles. The Bertz CT molecular complexity index is 861. The molecule has 0 radical (unpaired) electrons. The molecule has 1 fully saturated rings. The minimum absolute atomic E-state index is 0.0734. The standard InChI is InChI=1S/C19H22F2N4O/c20-14-3-4-16(21)13(11-14)12-24-9-5-15-17(6-10-24)22-19(23-18(15)26)25-7-1-2-8-25/h3-4,11H,1-2,5-10,12H2,(H,22,23,26). The third-order valence-electron chi connectivity index (χ3n) is 5.24. The van der Waals surface area contributed by atoms with Gasteiger partial charge in [-0.1, -0.05) is 0 Å². The summed E-state index contributed by atoms with van der Waals surface area (Å²) >= 11 is 0. The van der Waals surface area contributed by atoms with Crippen LogP contribution < -0.4 is 10.5 Å². The lowest BCUT2D eigenvalue weighted by Gasteiger charge is -2.20. The highest BCUT2D eigenvalue weighted by Crippen LogP contribution is 2.19. The smallest absolute Gasteiger partial charge is 0.255 e. The summed E-state index contributed by atoms with van der Waals surface area (Å²) in [6, 6.07) is 3.52. The molecule has 0 atom stereocenters. The maximum Gasteiger partial charge on any atom is 0.255 e. The largest absolute Gasteiger partial charge is 0.342 e. The number of hydrogen-bond donors (Lipinski definition) is 1. The van der Waals surface area contributed by atoms with Crippen molar-refractivity contribution in [1.82, 2.24) is 14.9 Å². The Morgan fingerprint density at radius 2 is 1.85 bits per heavy atom. The zero-order valence-corrected chi connectivity index (χ0v) is 14.6. The van der Waals surface area contributed by atoms with Gasteiger partial charge in [0, 0.05) is 50.3 Å². The molecule has 1 aromatic heterocycles. The van der Waals surface area contributed by atoms with Crippen LogP contribution in [0.2, 0.25) is 0 Å². The summed E-state index contributed by atoms with van der Waals surface area (Å²) in [7, 11) is 0. The predicted molar refractivity (Wildman–Crippen MR) is 95.3 cm³/mol. The molecule has 1 aromatic carbocycles. The van der Waals surface area contributed by atoms with E-state index >= 15 is 0 Å². The minimum atomic E-state index is -0.437. The topological polar surface area (TPSA) is 52.2 Å². The highest BCUT2D eigenvalue weighted by molar-refractivity contribution is 5.35. The summed E-state index contributed by atoms with van der Waals surface area (Å²) in [4.78, 5) is 24.3. The lowest BCUT2D eigenvalue weighted by atomic mass is 10.1. The van der Waals surface area contributed by atoms with Crippen molar-refractivity contribution in [1.29, 1.82) is 0 Å². The van der Waals surface area contributed by atoms with Gasteiger partial charge in [-0.2, -0.15) is 0 Å². The van der Waals surface area contributed by atoms with Gasteiger partial charge < -0.3 is 4.90 Å². The summed E-state index contributed by atoms with van der Waals surface area (Å²) in [5, 5.41) is 0. The number of nitrogens with one attached hydrogen (secondary N) is 1. The number of aromatic amines is 1. The second kappa shape index (κ2) is 7.15. The summed E-state index contributed by atoms with van der Waals surface area (Å²) < 4.78 is 27.3. The minimum Gasteiger partial charge on any atom is -0.342 e. The first-order valence-corrected chi connectivity index (χ1v) is 9.13. The number of rotatable bonds is 3. The van der Waals surface area contributed by atoms with Crippen LogP contribution >= 0.6 is 0 Å². The monoisotopic (exact) mass is 360 g/mol. The van der Waals surface area contributed by atoms with Crippen LogP contribution in [0.3, 0.4) is 0 Å². The number of nitrogens with zero attached hydrogens (tertiary/aromatic N) is 3. The lowest BCUT2D eigenvalue weighted by molar-refractivity contribution is 0.274. The zero-order chi connectivity index (χ0) is 18.1. The van der Waals surface area contributed by atoms with Crippen LogP contribution in [0.15, 0.2) is 23.0 Å². The second-order valence-corrected chi connectivity index (χ2v) is 7.02. The second-order valence-electron chi connectivity index (χ2n) is 7.02. The number of halogens is 2. The summed E-state index contributed by atoms with van der Waals surface area (Å²) in [6.45, 7) is 3.46. The van der Waals surface area contributed by atoms with Crippen molar-refractivity contribution in [2.24, 2.45) is 0 Å². The number of fused-ring (bicyclic) bond motifs is 1. The molecule has 0 unspecified atom stereocenters. The molecule has 138 valence electrons. The van der Waals surface area contributed by atoms with Crippen molar-refractivity contribution in [3.8, 4) is 0 Å². The van der Waals surface area contributed by atoms with Crippen LogP contribution in [0.5, 0.6) is 0 Å². The fourth-order valence-corrected chi connectivity index (χ4v) is 3.78. The summed E-state index contributed by atoms with van der Waals surface area (Å²) in [6.07, 6.45) is 3.44. The predicted octanol–water partition coefficient (Wildman–Crippen LogP) is 2.25. The van der Waals surface area contributed by atoms with E-state index in [9.17, 15) is 13.6 Å². The molecule has 0 spiro atoms. The van der Waals surface area contributed by atoms with Crippen molar-refractivity contribution >= 4 is 5.95 Å². The van der Waals surface area contributed by atoms with E-state index in [0.717, 1.165) is 49.3 Å². The van der Waals surface area contributed by atoms with Crippen LogP contribution in [0.4, 0.5) is 14.7 Å². The van der Waals surface area contributed by atoms with Crippen LogP contribution in [0, 0.1) is 11.6 Å². The van der Waals surface area contributed by atoms with Crippen LogP contribution in [-0.2, 0) is 19.4 Å². The van der Waals surface area contributed by atoms with Gasteiger partial charge in [-0.05, 0) is 37.5 Å². The molecule has 3 heterocycles. The highest BCUT2D eigenvalue weighted by Gasteiger charge is 2.22. The molecular formula is C19H22F2N4O. The quantitative estimate of drug-likeness (QED) is 0.912. The van der Waals surface area contributed by atoms with Gasteiger partial charge in [-0.15, -0.1) is 0 Å². The first-order chi connectivity index (χ1) is 12.6. The number of anilines is 1. The van der Waals surface area contributed by atoms with E-state index in [2.05, 4.69) is 14.8 Å². The first-order valence-electron chi connectivity index (χ1n) is 9.13. The third kappa shape index (κ3) is 3.49. The molecule has 7 heteroatoms.